The molecule has 1 aromatic carbocycles. The fourth-order valence-electron chi connectivity index (χ4n) is 3.21. The first-order valence-electron chi connectivity index (χ1n) is 9.37. The number of hydrogen-bond acceptors (Lipinski definition) is 5. The van der Waals surface area contributed by atoms with Crippen LogP contribution < -0.4 is 0 Å². The van der Waals surface area contributed by atoms with Crippen LogP contribution in [0, 0.1) is 0 Å². The molecular formula is C21H29NO5. The van der Waals surface area contributed by atoms with Gasteiger partial charge in [-0.05, 0) is 43.4 Å². The highest BCUT2D eigenvalue weighted by molar-refractivity contribution is 5.89. The van der Waals surface area contributed by atoms with Crippen LogP contribution in [0.4, 0.5) is 0 Å². The van der Waals surface area contributed by atoms with E-state index in [9.17, 15) is 14.7 Å². The molecule has 2 atom stereocenters. The summed E-state index contributed by atoms with van der Waals surface area (Å²) in [4.78, 5) is 25.5. The highest BCUT2D eigenvalue weighted by atomic mass is 16.5. The van der Waals surface area contributed by atoms with Gasteiger partial charge in [-0.3, -0.25) is 4.79 Å². The summed E-state index contributed by atoms with van der Waals surface area (Å²) < 4.78 is 9.68. The molecule has 1 aliphatic heterocycles. The molecule has 1 saturated heterocycles. The van der Waals surface area contributed by atoms with E-state index in [1.165, 1.54) is 7.11 Å². The van der Waals surface area contributed by atoms with Gasteiger partial charge in [-0.15, -0.1) is 0 Å². The molecule has 0 radical (unpaired) electrons. The number of methoxy groups -OCH3 is 2. The molecule has 1 fully saturated rings. The predicted molar refractivity (Wildman–Crippen MR) is 102 cm³/mol. The number of benzene rings is 1. The molecule has 0 unspecified atom stereocenters. The molecule has 0 bridgehead atoms. The summed E-state index contributed by atoms with van der Waals surface area (Å²) in [6, 6.07) is 7.28. The molecule has 27 heavy (non-hydrogen) atoms. The van der Waals surface area contributed by atoms with Gasteiger partial charge in [-0.25, -0.2) is 4.79 Å². The summed E-state index contributed by atoms with van der Waals surface area (Å²) in [5.74, 6) is -0.213. The van der Waals surface area contributed by atoms with Crippen molar-refractivity contribution in [3.8, 4) is 0 Å². The highest BCUT2D eigenvalue weighted by Crippen LogP contribution is 2.21. The Morgan fingerprint density at radius 2 is 2.07 bits per heavy atom. The molecule has 6 heteroatoms. The van der Waals surface area contributed by atoms with Gasteiger partial charge in [0, 0.05) is 26.7 Å². The van der Waals surface area contributed by atoms with Gasteiger partial charge in [0.2, 0.25) is 5.91 Å². The Balaban J connectivity index is 1.87. The van der Waals surface area contributed by atoms with Crippen molar-refractivity contribution >= 4 is 11.9 Å². The molecule has 2 rings (SSSR count). The van der Waals surface area contributed by atoms with Crippen molar-refractivity contribution in [3.63, 3.8) is 0 Å². The van der Waals surface area contributed by atoms with E-state index in [-0.39, 0.29) is 17.9 Å². The van der Waals surface area contributed by atoms with E-state index in [2.05, 4.69) is 0 Å². The second-order valence-electron chi connectivity index (χ2n) is 6.72. The zero-order valence-corrected chi connectivity index (χ0v) is 16.1. The standard InChI is InChI=1S/C21H29NO5/c1-26-15-3-4-19(23)11-9-18-10-12-20(24)22(18)14-13-16-5-7-17(8-6-16)21(25)27-2/h5-9,11,18-19,23H,3-4,10,12-15H2,1-2H3/t18-,19-/m0/s1. The normalized spacial score (nSPS) is 18.3. The number of rotatable bonds is 10. The summed E-state index contributed by atoms with van der Waals surface area (Å²) in [7, 11) is 3.00. The molecule has 1 amide bonds. The van der Waals surface area contributed by atoms with Gasteiger partial charge >= 0.3 is 5.97 Å². The lowest BCUT2D eigenvalue weighted by molar-refractivity contribution is -0.128. The van der Waals surface area contributed by atoms with Crippen molar-refractivity contribution in [2.75, 3.05) is 27.4 Å². The molecular weight excluding hydrogens is 346 g/mol. The van der Waals surface area contributed by atoms with Gasteiger partial charge in [-0.2, -0.15) is 0 Å². The second-order valence-corrected chi connectivity index (χ2v) is 6.72. The number of aliphatic hydroxyl groups is 1. The second kappa shape index (κ2) is 10.8. The summed E-state index contributed by atoms with van der Waals surface area (Å²) >= 11 is 0. The highest BCUT2D eigenvalue weighted by Gasteiger charge is 2.28. The third kappa shape index (κ3) is 6.48. The minimum atomic E-state index is -0.511. The average Bonchev–Trinajstić information content (AvgIpc) is 3.04. The molecule has 1 aliphatic rings. The predicted octanol–water partition coefficient (Wildman–Crippen LogP) is 2.35. The first-order valence-corrected chi connectivity index (χ1v) is 9.37. The number of carbonyl (C=O) groups excluding carboxylic acids is 2. The Kier molecular flexibility index (Phi) is 8.48. The van der Waals surface area contributed by atoms with Crippen molar-refractivity contribution < 1.29 is 24.2 Å². The molecule has 1 heterocycles. The number of ether oxygens (including phenoxy) is 2. The van der Waals surface area contributed by atoms with Crippen molar-refractivity contribution in [1.82, 2.24) is 4.90 Å². The fourth-order valence-corrected chi connectivity index (χ4v) is 3.21. The summed E-state index contributed by atoms with van der Waals surface area (Å²) in [6.07, 6.45) is 6.71. The summed E-state index contributed by atoms with van der Waals surface area (Å²) in [5.41, 5.74) is 1.58. The van der Waals surface area contributed by atoms with E-state index in [1.54, 1.807) is 25.3 Å². The maximum Gasteiger partial charge on any atom is 0.337 e. The molecule has 148 valence electrons. The van der Waals surface area contributed by atoms with Crippen LogP contribution in [0.3, 0.4) is 0 Å². The maximum atomic E-state index is 12.2. The fraction of sp³-hybridized carbons (Fsp3) is 0.524. The van der Waals surface area contributed by atoms with Crippen molar-refractivity contribution in [2.45, 2.75) is 44.2 Å². The van der Waals surface area contributed by atoms with Crippen LogP contribution in [0.25, 0.3) is 0 Å². The van der Waals surface area contributed by atoms with Gasteiger partial charge < -0.3 is 19.5 Å². The van der Waals surface area contributed by atoms with Gasteiger partial charge in [0.25, 0.3) is 0 Å². The lowest BCUT2D eigenvalue weighted by atomic mass is 10.1. The Labute approximate surface area is 160 Å². The largest absolute Gasteiger partial charge is 0.465 e. The van der Waals surface area contributed by atoms with E-state index in [0.717, 1.165) is 18.4 Å². The van der Waals surface area contributed by atoms with Crippen LogP contribution in [0.2, 0.25) is 0 Å². The van der Waals surface area contributed by atoms with Crippen LogP contribution >= 0.6 is 0 Å². The zero-order valence-electron chi connectivity index (χ0n) is 16.1. The smallest absolute Gasteiger partial charge is 0.337 e. The Morgan fingerprint density at radius 1 is 1.33 bits per heavy atom. The third-order valence-electron chi connectivity index (χ3n) is 4.79. The molecule has 0 aliphatic carbocycles. The van der Waals surface area contributed by atoms with E-state index in [1.807, 2.05) is 23.1 Å². The topological polar surface area (TPSA) is 76.1 Å². The first kappa shape index (κ1) is 21.1. The van der Waals surface area contributed by atoms with Crippen LogP contribution in [0.1, 0.15) is 41.6 Å². The quantitative estimate of drug-likeness (QED) is 0.386. The van der Waals surface area contributed by atoms with E-state index < -0.39 is 6.10 Å². The lowest BCUT2D eigenvalue weighted by Crippen LogP contribution is -2.33. The Morgan fingerprint density at radius 3 is 2.74 bits per heavy atom. The lowest BCUT2D eigenvalue weighted by Gasteiger charge is -2.23. The minimum absolute atomic E-state index is 0.0314. The van der Waals surface area contributed by atoms with Gasteiger partial charge in [0.1, 0.15) is 0 Å². The summed E-state index contributed by atoms with van der Waals surface area (Å²) in [5, 5.41) is 10.0. The minimum Gasteiger partial charge on any atom is -0.465 e. The molecule has 1 aromatic rings. The van der Waals surface area contributed by atoms with E-state index in [4.69, 9.17) is 9.47 Å². The molecule has 0 spiro atoms. The van der Waals surface area contributed by atoms with Gasteiger partial charge in [0.05, 0.1) is 24.8 Å². The number of carbonyl (C=O) groups is 2. The maximum absolute atomic E-state index is 12.2. The number of likely N-dealkylation sites (tertiary alicyclic amines) is 1. The Hall–Kier alpha value is -2.18. The van der Waals surface area contributed by atoms with E-state index in [0.29, 0.717) is 38.0 Å². The Bertz CT molecular complexity index is 640. The van der Waals surface area contributed by atoms with Gasteiger partial charge in [-0.1, -0.05) is 24.3 Å². The zero-order chi connectivity index (χ0) is 19.6. The van der Waals surface area contributed by atoms with Crippen LogP contribution in [0.5, 0.6) is 0 Å². The number of nitrogens with zero attached hydrogens (tertiary/aromatic N) is 1. The molecule has 0 aromatic heterocycles. The molecule has 0 saturated carbocycles. The van der Waals surface area contributed by atoms with Crippen LogP contribution in [0.15, 0.2) is 36.4 Å². The van der Waals surface area contributed by atoms with Crippen molar-refractivity contribution in [1.29, 1.82) is 0 Å². The van der Waals surface area contributed by atoms with Crippen molar-refractivity contribution in [2.24, 2.45) is 0 Å². The number of amides is 1. The van der Waals surface area contributed by atoms with Crippen LogP contribution in [-0.2, 0) is 20.7 Å². The third-order valence-corrected chi connectivity index (χ3v) is 4.79. The monoisotopic (exact) mass is 375 g/mol. The summed E-state index contributed by atoms with van der Waals surface area (Å²) in [6.45, 7) is 1.25. The molecule has 6 nitrogen and oxygen atoms in total. The molecule has 1 N–H and O–H groups in total. The SMILES string of the molecule is COCCC[C@H](O)C=C[C@H]1CCC(=O)N1CCc1ccc(C(=O)OC)cc1. The van der Waals surface area contributed by atoms with E-state index >= 15 is 0 Å². The first-order chi connectivity index (χ1) is 13.0. The number of esters is 1. The number of hydrogen-bond donors (Lipinski definition) is 1. The average molecular weight is 375 g/mol. The van der Waals surface area contributed by atoms with Crippen LogP contribution in [-0.4, -0.2) is 61.4 Å². The number of aliphatic hydroxyl groups excluding tert-OH is 1. The van der Waals surface area contributed by atoms with Gasteiger partial charge in [0.15, 0.2) is 0 Å². The van der Waals surface area contributed by atoms with Crippen molar-refractivity contribution in [3.05, 3.63) is 47.5 Å².